The third-order valence-electron chi connectivity index (χ3n) is 4.55. The molecule has 0 bridgehead atoms. The van der Waals surface area contributed by atoms with Gasteiger partial charge < -0.3 is 15.1 Å². The summed E-state index contributed by atoms with van der Waals surface area (Å²) in [6.07, 6.45) is 6.29. The highest BCUT2D eigenvalue weighted by Gasteiger charge is 2.18. The van der Waals surface area contributed by atoms with E-state index in [1.165, 1.54) is 18.4 Å². The summed E-state index contributed by atoms with van der Waals surface area (Å²) < 4.78 is 0. The lowest BCUT2D eigenvalue weighted by Gasteiger charge is -2.21. The standard InChI is InChI=1S/C20H27N5O/c1-24(2)19-17(15-21-20(23-19)25-13-6-7-14-25)22-18(26)12-8-11-16-9-4-3-5-10-16/h3-5,9-10,15H,6-8,11-14H2,1-2H3,(H,22,26). The van der Waals surface area contributed by atoms with Gasteiger partial charge >= 0.3 is 0 Å². The quantitative estimate of drug-likeness (QED) is 0.829. The third-order valence-corrected chi connectivity index (χ3v) is 4.55. The van der Waals surface area contributed by atoms with E-state index in [2.05, 4.69) is 32.3 Å². The average molecular weight is 353 g/mol. The van der Waals surface area contributed by atoms with Crippen molar-refractivity contribution in [2.45, 2.75) is 32.1 Å². The molecule has 138 valence electrons. The fraction of sp³-hybridized carbons (Fsp3) is 0.450. The molecule has 0 aliphatic carbocycles. The van der Waals surface area contributed by atoms with Crippen LogP contribution >= 0.6 is 0 Å². The zero-order valence-electron chi connectivity index (χ0n) is 15.6. The Morgan fingerprint density at radius 3 is 2.62 bits per heavy atom. The van der Waals surface area contributed by atoms with Crippen LogP contribution in [0.1, 0.15) is 31.2 Å². The molecule has 1 aliphatic rings. The normalized spacial score (nSPS) is 13.7. The van der Waals surface area contributed by atoms with Crippen molar-refractivity contribution in [1.29, 1.82) is 0 Å². The first-order valence-electron chi connectivity index (χ1n) is 9.26. The lowest BCUT2D eigenvalue weighted by atomic mass is 10.1. The lowest BCUT2D eigenvalue weighted by Crippen LogP contribution is -2.23. The summed E-state index contributed by atoms with van der Waals surface area (Å²) in [6, 6.07) is 10.2. The molecule has 2 aromatic rings. The fourth-order valence-corrected chi connectivity index (χ4v) is 3.17. The summed E-state index contributed by atoms with van der Waals surface area (Å²) in [4.78, 5) is 25.6. The van der Waals surface area contributed by atoms with Crippen molar-refractivity contribution < 1.29 is 4.79 Å². The first-order valence-corrected chi connectivity index (χ1v) is 9.26. The Bertz CT molecular complexity index is 726. The number of hydrogen-bond acceptors (Lipinski definition) is 5. The maximum atomic E-state index is 12.3. The number of aryl methyl sites for hydroxylation is 1. The van der Waals surface area contributed by atoms with Crippen LogP contribution in [-0.4, -0.2) is 43.1 Å². The summed E-state index contributed by atoms with van der Waals surface area (Å²) in [5, 5.41) is 2.97. The van der Waals surface area contributed by atoms with Gasteiger partial charge in [-0.25, -0.2) is 4.98 Å². The van der Waals surface area contributed by atoms with Crippen molar-refractivity contribution in [2.75, 3.05) is 42.3 Å². The largest absolute Gasteiger partial charge is 0.361 e. The zero-order chi connectivity index (χ0) is 18.4. The SMILES string of the molecule is CN(C)c1nc(N2CCCC2)ncc1NC(=O)CCCc1ccccc1. The van der Waals surface area contributed by atoms with Crippen LogP contribution in [0.15, 0.2) is 36.5 Å². The Hall–Kier alpha value is -2.63. The van der Waals surface area contributed by atoms with E-state index < -0.39 is 0 Å². The van der Waals surface area contributed by atoms with E-state index in [1.54, 1.807) is 6.20 Å². The van der Waals surface area contributed by atoms with Crippen molar-refractivity contribution in [1.82, 2.24) is 9.97 Å². The number of carbonyl (C=O) groups is 1. The number of rotatable bonds is 7. The molecule has 3 rings (SSSR count). The van der Waals surface area contributed by atoms with E-state index in [4.69, 9.17) is 0 Å². The maximum absolute atomic E-state index is 12.3. The van der Waals surface area contributed by atoms with E-state index in [-0.39, 0.29) is 5.91 Å². The maximum Gasteiger partial charge on any atom is 0.227 e. The van der Waals surface area contributed by atoms with Gasteiger partial charge in [-0.15, -0.1) is 0 Å². The van der Waals surface area contributed by atoms with Gasteiger partial charge in [0.1, 0.15) is 5.69 Å². The van der Waals surface area contributed by atoms with Gasteiger partial charge in [0.15, 0.2) is 5.82 Å². The Morgan fingerprint density at radius 2 is 1.92 bits per heavy atom. The van der Waals surface area contributed by atoms with Gasteiger partial charge in [0.25, 0.3) is 0 Å². The molecule has 6 nitrogen and oxygen atoms in total. The van der Waals surface area contributed by atoms with Crippen LogP contribution in [0.4, 0.5) is 17.5 Å². The van der Waals surface area contributed by atoms with Crippen LogP contribution in [0.5, 0.6) is 0 Å². The zero-order valence-corrected chi connectivity index (χ0v) is 15.6. The summed E-state index contributed by atoms with van der Waals surface area (Å²) >= 11 is 0. The van der Waals surface area contributed by atoms with E-state index in [0.29, 0.717) is 12.1 Å². The van der Waals surface area contributed by atoms with Gasteiger partial charge in [-0.1, -0.05) is 30.3 Å². The summed E-state index contributed by atoms with van der Waals surface area (Å²) in [6.45, 7) is 2.00. The lowest BCUT2D eigenvalue weighted by molar-refractivity contribution is -0.116. The molecular formula is C20H27N5O. The van der Waals surface area contributed by atoms with Crippen LogP contribution < -0.4 is 15.1 Å². The second-order valence-corrected chi connectivity index (χ2v) is 6.88. The summed E-state index contributed by atoms with van der Waals surface area (Å²) in [5.41, 5.74) is 1.93. The van der Waals surface area contributed by atoms with E-state index in [1.807, 2.05) is 37.2 Å². The number of amides is 1. The van der Waals surface area contributed by atoms with Crippen LogP contribution in [0.25, 0.3) is 0 Å². The highest BCUT2D eigenvalue weighted by Crippen LogP contribution is 2.25. The van der Waals surface area contributed by atoms with Crippen molar-refractivity contribution in [3.8, 4) is 0 Å². The molecule has 0 radical (unpaired) electrons. The number of anilines is 3. The molecule has 0 spiro atoms. The highest BCUT2D eigenvalue weighted by molar-refractivity contribution is 5.93. The number of benzene rings is 1. The number of nitrogens with one attached hydrogen (secondary N) is 1. The number of hydrogen-bond donors (Lipinski definition) is 1. The molecule has 1 amide bonds. The molecule has 26 heavy (non-hydrogen) atoms. The van der Waals surface area contributed by atoms with Gasteiger partial charge in [-0.3, -0.25) is 4.79 Å². The van der Waals surface area contributed by atoms with Crippen LogP contribution in [0.3, 0.4) is 0 Å². The Kier molecular flexibility index (Phi) is 6.04. The van der Waals surface area contributed by atoms with E-state index in [0.717, 1.165) is 37.7 Å². The predicted octanol–water partition coefficient (Wildman–Crippen LogP) is 3.10. The smallest absolute Gasteiger partial charge is 0.227 e. The minimum absolute atomic E-state index is 0.00144. The van der Waals surface area contributed by atoms with Crippen molar-refractivity contribution >= 4 is 23.4 Å². The van der Waals surface area contributed by atoms with Gasteiger partial charge in [-0.05, 0) is 31.2 Å². The molecule has 0 saturated carbocycles. The molecule has 1 N–H and O–H groups in total. The monoisotopic (exact) mass is 353 g/mol. The topological polar surface area (TPSA) is 61.4 Å². The van der Waals surface area contributed by atoms with E-state index in [9.17, 15) is 4.79 Å². The minimum Gasteiger partial charge on any atom is -0.361 e. The molecule has 1 aliphatic heterocycles. The Labute approximate surface area is 155 Å². The molecule has 1 saturated heterocycles. The number of aromatic nitrogens is 2. The van der Waals surface area contributed by atoms with Gasteiger partial charge in [0, 0.05) is 33.6 Å². The highest BCUT2D eigenvalue weighted by atomic mass is 16.1. The van der Waals surface area contributed by atoms with Gasteiger partial charge in [0.05, 0.1) is 6.20 Å². The molecule has 1 aromatic carbocycles. The number of carbonyl (C=O) groups excluding carboxylic acids is 1. The van der Waals surface area contributed by atoms with Crippen LogP contribution in [0.2, 0.25) is 0 Å². The average Bonchev–Trinajstić information content (AvgIpc) is 3.17. The predicted molar refractivity (Wildman–Crippen MR) is 106 cm³/mol. The molecule has 0 atom stereocenters. The number of nitrogens with zero attached hydrogens (tertiary/aromatic N) is 4. The molecule has 0 unspecified atom stereocenters. The van der Waals surface area contributed by atoms with Gasteiger partial charge in [0.2, 0.25) is 11.9 Å². The second kappa shape index (κ2) is 8.65. The van der Waals surface area contributed by atoms with Crippen molar-refractivity contribution in [3.05, 3.63) is 42.1 Å². The Morgan fingerprint density at radius 1 is 1.19 bits per heavy atom. The van der Waals surface area contributed by atoms with Crippen LogP contribution in [0, 0.1) is 0 Å². The minimum atomic E-state index is 0.00144. The van der Waals surface area contributed by atoms with Gasteiger partial charge in [-0.2, -0.15) is 4.98 Å². The van der Waals surface area contributed by atoms with E-state index >= 15 is 0 Å². The molecule has 2 heterocycles. The first kappa shape index (κ1) is 18.2. The molecular weight excluding hydrogens is 326 g/mol. The van der Waals surface area contributed by atoms with Crippen molar-refractivity contribution in [2.24, 2.45) is 0 Å². The molecule has 6 heteroatoms. The molecule has 1 fully saturated rings. The third kappa shape index (κ3) is 4.71. The summed E-state index contributed by atoms with van der Waals surface area (Å²) in [7, 11) is 3.86. The van der Waals surface area contributed by atoms with Crippen LogP contribution in [-0.2, 0) is 11.2 Å². The van der Waals surface area contributed by atoms with Crippen molar-refractivity contribution in [3.63, 3.8) is 0 Å². The Balaban J connectivity index is 1.59. The second-order valence-electron chi connectivity index (χ2n) is 6.88. The first-order chi connectivity index (χ1) is 12.6. The summed E-state index contributed by atoms with van der Waals surface area (Å²) in [5.74, 6) is 1.49. The molecule has 1 aromatic heterocycles. The fourth-order valence-electron chi connectivity index (χ4n) is 3.17.